The fraction of sp³-hybridized carbons (Fsp3) is 0.462. The number of hydrogen-bond donors (Lipinski definition) is 0. The summed E-state index contributed by atoms with van der Waals surface area (Å²) in [7, 11) is 0. The number of rotatable bonds is 2. The van der Waals surface area contributed by atoms with E-state index in [1.54, 1.807) is 12.1 Å². The van der Waals surface area contributed by atoms with E-state index in [-0.39, 0.29) is 5.91 Å². The summed E-state index contributed by atoms with van der Waals surface area (Å²) >= 11 is 9.40. The zero-order chi connectivity index (χ0) is 12.3. The molecule has 0 aromatic heterocycles. The van der Waals surface area contributed by atoms with Crippen LogP contribution in [0.1, 0.15) is 29.6 Å². The van der Waals surface area contributed by atoms with Gasteiger partial charge in [-0.25, -0.2) is 0 Å². The molecule has 1 aromatic carbocycles. The Kier molecular flexibility index (Phi) is 4.46. The highest BCUT2D eigenvalue weighted by molar-refractivity contribution is 9.09. The molecule has 92 valence electrons. The number of hydrogen-bond acceptors (Lipinski definition) is 1. The summed E-state index contributed by atoms with van der Waals surface area (Å²) in [5, 5.41) is 1.46. The van der Waals surface area contributed by atoms with Gasteiger partial charge >= 0.3 is 0 Å². The highest BCUT2D eigenvalue weighted by Gasteiger charge is 2.26. The van der Waals surface area contributed by atoms with Crippen molar-refractivity contribution in [1.82, 2.24) is 4.90 Å². The van der Waals surface area contributed by atoms with Gasteiger partial charge in [0.25, 0.3) is 5.91 Å². The Morgan fingerprint density at radius 3 is 3.00 bits per heavy atom. The molecule has 1 heterocycles. The molecule has 1 amide bonds. The number of nitrogens with zero attached hydrogens (tertiary/aromatic N) is 1. The number of amides is 1. The molecule has 0 saturated carbocycles. The maximum Gasteiger partial charge on any atom is 0.254 e. The lowest BCUT2D eigenvalue weighted by Gasteiger charge is -2.34. The first-order valence-corrected chi connectivity index (χ1v) is 7.35. The zero-order valence-corrected chi connectivity index (χ0v) is 11.9. The molecule has 1 saturated heterocycles. The van der Waals surface area contributed by atoms with E-state index in [2.05, 4.69) is 15.9 Å². The predicted octanol–water partition coefficient (Wildman–Crippen LogP) is 3.73. The van der Waals surface area contributed by atoms with Crippen molar-refractivity contribution in [1.29, 1.82) is 0 Å². The van der Waals surface area contributed by atoms with Gasteiger partial charge in [0.2, 0.25) is 0 Å². The van der Waals surface area contributed by atoms with Crippen molar-refractivity contribution < 1.29 is 4.79 Å². The summed E-state index contributed by atoms with van der Waals surface area (Å²) in [6, 6.07) is 7.49. The number of halogens is 2. The first-order chi connectivity index (χ1) is 8.22. The average molecular weight is 317 g/mol. The van der Waals surface area contributed by atoms with Crippen LogP contribution in [0.3, 0.4) is 0 Å². The second-order valence-electron chi connectivity index (χ2n) is 4.31. The minimum Gasteiger partial charge on any atom is -0.335 e. The number of carbonyl (C=O) groups is 1. The van der Waals surface area contributed by atoms with Gasteiger partial charge in [-0.05, 0) is 37.5 Å². The minimum atomic E-state index is 0.0941. The number of alkyl halides is 1. The maximum atomic E-state index is 12.4. The smallest absolute Gasteiger partial charge is 0.254 e. The number of piperidine rings is 1. The van der Waals surface area contributed by atoms with Crippen LogP contribution in [0.2, 0.25) is 5.02 Å². The molecule has 0 N–H and O–H groups in total. The van der Waals surface area contributed by atoms with Crippen LogP contribution in [0, 0.1) is 0 Å². The van der Waals surface area contributed by atoms with Crippen molar-refractivity contribution in [2.45, 2.75) is 25.3 Å². The SMILES string of the molecule is O=C(c1cccc(Cl)c1)N1CCCCC1CBr. The van der Waals surface area contributed by atoms with E-state index in [0.717, 1.165) is 24.7 Å². The summed E-state index contributed by atoms with van der Waals surface area (Å²) in [6.07, 6.45) is 3.38. The third-order valence-corrected chi connectivity index (χ3v) is 4.12. The highest BCUT2D eigenvalue weighted by Crippen LogP contribution is 2.22. The van der Waals surface area contributed by atoms with Crippen LogP contribution in [-0.4, -0.2) is 28.7 Å². The molecular formula is C13H15BrClNO. The Bertz CT molecular complexity index is 410. The predicted molar refractivity (Wildman–Crippen MR) is 73.9 cm³/mol. The normalized spacial score (nSPS) is 20.4. The fourth-order valence-electron chi connectivity index (χ4n) is 2.22. The quantitative estimate of drug-likeness (QED) is 0.761. The van der Waals surface area contributed by atoms with Crippen LogP contribution in [0.4, 0.5) is 0 Å². The Hall–Kier alpha value is -0.540. The van der Waals surface area contributed by atoms with Gasteiger partial charge < -0.3 is 4.90 Å². The largest absolute Gasteiger partial charge is 0.335 e. The van der Waals surface area contributed by atoms with E-state index in [9.17, 15) is 4.79 Å². The van der Waals surface area contributed by atoms with Crippen molar-refractivity contribution in [3.8, 4) is 0 Å². The zero-order valence-electron chi connectivity index (χ0n) is 9.53. The lowest BCUT2D eigenvalue weighted by Crippen LogP contribution is -2.44. The molecular weight excluding hydrogens is 302 g/mol. The van der Waals surface area contributed by atoms with Gasteiger partial charge in [-0.2, -0.15) is 0 Å². The van der Waals surface area contributed by atoms with Gasteiger partial charge in [-0.3, -0.25) is 4.79 Å². The second kappa shape index (κ2) is 5.87. The van der Waals surface area contributed by atoms with Crippen LogP contribution in [-0.2, 0) is 0 Å². The molecule has 2 rings (SSSR count). The van der Waals surface area contributed by atoms with Gasteiger partial charge in [0.05, 0.1) is 0 Å². The molecule has 0 radical (unpaired) electrons. The molecule has 1 aromatic rings. The van der Waals surface area contributed by atoms with Crippen molar-refractivity contribution in [2.75, 3.05) is 11.9 Å². The first kappa shape index (κ1) is 12.9. The van der Waals surface area contributed by atoms with E-state index in [0.29, 0.717) is 16.6 Å². The van der Waals surface area contributed by atoms with Crippen LogP contribution in [0.25, 0.3) is 0 Å². The standard InChI is InChI=1S/C13H15BrClNO/c14-9-12-6-1-2-7-16(12)13(17)10-4-3-5-11(15)8-10/h3-5,8,12H,1-2,6-7,9H2. The number of benzene rings is 1. The number of carbonyl (C=O) groups excluding carboxylic acids is 1. The summed E-state index contributed by atoms with van der Waals surface area (Å²) in [5.41, 5.74) is 0.686. The third kappa shape index (κ3) is 3.02. The van der Waals surface area contributed by atoms with E-state index in [1.807, 2.05) is 17.0 Å². The van der Waals surface area contributed by atoms with E-state index in [4.69, 9.17) is 11.6 Å². The molecule has 1 unspecified atom stereocenters. The Morgan fingerprint density at radius 2 is 2.29 bits per heavy atom. The van der Waals surface area contributed by atoms with E-state index >= 15 is 0 Å². The van der Waals surface area contributed by atoms with Gasteiger partial charge in [-0.1, -0.05) is 33.6 Å². The third-order valence-electron chi connectivity index (χ3n) is 3.14. The van der Waals surface area contributed by atoms with Gasteiger partial charge in [0, 0.05) is 28.5 Å². The van der Waals surface area contributed by atoms with Crippen LogP contribution in [0.15, 0.2) is 24.3 Å². The van der Waals surface area contributed by atoms with Crippen LogP contribution >= 0.6 is 27.5 Å². The van der Waals surface area contributed by atoms with Crippen molar-refractivity contribution in [3.63, 3.8) is 0 Å². The molecule has 0 bridgehead atoms. The molecule has 1 aliphatic heterocycles. The van der Waals surface area contributed by atoms with E-state index < -0.39 is 0 Å². The molecule has 2 nitrogen and oxygen atoms in total. The van der Waals surface area contributed by atoms with Crippen LogP contribution < -0.4 is 0 Å². The molecule has 1 aliphatic rings. The van der Waals surface area contributed by atoms with E-state index in [1.165, 1.54) is 6.42 Å². The van der Waals surface area contributed by atoms with Gasteiger partial charge in [-0.15, -0.1) is 0 Å². The summed E-state index contributed by atoms with van der Waals surface area (Å²) in [6.45, 7) is 0.849. The summed E-state index contributed by atoms with van der Waals surface area (Å²) in [4.78, 5) is 14.3. The lowest BCUT2D eigenvalue weighted by molar-refractivity contribution is 0.0642. The summed E-state index contributed by atoms with van der Waals surface area (Å²) in [5.74, 6) is 0.0941. The lowest BCUT2D eigenvalue weighted by atomic mass is 10.0. The van der Waals surface area contributed by atoms with Crippen molar-refractivity contribution in [3.05, 3.63) is 34.9 Å². The number of likely N-dealkylation sites (tertiary alicyclic amines) is 1. The Labute approximate surface area is 115 Å². The fourth-order valence-corrected chi connectivity index (χ4v) is 3.08. The first-order valence-electron chi connectivity index (χ1n) is 5.85. The molecule has 1 atom stereocenters. The molecule has 0 spiro atoms. The second-order valence-corrected chi connectivity index (χ2v) is 5.40. The topological polar surface area (TPSA) is 20.3 Å². The van der Waals surface area contributed by atoms with Crippen molar-refractivity contribution in [2.24, 2.45) is 0 Å². The molecule has 0 aliphatic carbocycles. The highest BCUT2D eigenvalue weighted by atomic mass is 79.9. The average Bonchev–Trinajstić information content (AvgIpc) is 2.38. The Balaban J connectivity index is 2.18. The maximum absolute atomic E-state index is 12.4. The Morgan fingerprint density at radius 1 is 1.47 bits per heavy atom. The van der Waals surface area contributed by atoms with Gasteiger partial charge in [0.1, 0.15) is 0 Å². The summed E-state index contributed by atoms with van der Waals surface area (Å²) < 4.78 is 0. The van der Waals surface area contributed by atoms with Crippen LogP contribution in [0.5, 0.6) is 0 Å². The van der Waals surface area contributed by atoms with Crippen molar-refractivity contribution >= 4 is 33.4 Å². The monoisotopic (exact) mass is 315 g/mol. The molecule has 17 heavy (non-hydrogen) atoms. The van der Waals surface area contributed by atoms with Gasteiger partial charge in [0.15, 0.2) is 0 Å². The minimum absolute atomic E-state index is 0.0941. The molecule has 4 heteroatoms. The molecule has 1 fully saturated rings.